The molecular formula is C9H15N7. The van der Waals surface area contributed by atoms with Crippen molar-refractivity contribution in [2.75, 3.05) is 18.2 Å². The maximum atomic E-state index is 4.32. The van der Waals surface area contributed by atoms with E-state index in [-0.39, 0.29) is 0 Å². The number of hydrazine groups is 2. The molecular weight excluding hydrogens is 206 g/mol. The van der Waals surface area contributed by atoms with Crippen LogP contribution >= 0.6 is 0 Å². The van der Waals surface area contributed by atoms with E-state index in [9.17, 15) is 0 Å². The number of nitrogens with zero attached hydrogens (tertiary/aromatic N) is 4. The largest absolute Gasteiger partial charge is 0.342 e. The normalized spacial score (nSPS) is 10.9. The number of H-pyrrole nitrogens is 1. The Kier molecular flexibility index (Phi) is 3.28. The van der Waals surface area contributed by atoms with Gasteiger partial charge in [-0.15, -0.1) is 0 Å². The zero-order valence-electron chi connectivity index (χ0n) is 9.36. The minimum atomic E-state index is 0.559. The van der Waals surface area contributed by atoms with Crippen LogP contribution in [0.15, 0.2) is 12.5 Å². The van der Waals surface area contributed by atoms with Crippen LogP contribution in [-0.4, -0.2) is 33.0 Å². The van der Waals surface area contributed by atoms with Crippen molar-refractivity contribution in [1.82, 2.24) is 30.8 Å². The number of anilines is 1. The van der Waals surface area contributed by atoms with Crippen LogP contribution in [0.5, 0.6) is 0 Å². The predicted octanol–water partition coefficient (Wildman–Crippen LogP) is 0.208. The van der Waals surface area contributed by atoms with E-state index in [0.717, 1.165) is 18.6 Å². The van der Waals surface area contributed by atoms with Gasteiger partial charge in [-0.05, 0) is 0 Å². The van der Waals surface area contributed by atoms with Crippen LogP contribution in [0.3, 0.4) is 0 Å². The summed E-state index contributed by atoms with van der Waals surface area (Å²) in [4.78, 5) is 15.6. The van der Waals surface area contributed by atoms with Gasteiger partial charge in [-0.1, -0.05) is 13.8 Å². The summed E-state index contributed by atoms with van der Waals surface area (Å²) >= 11 is 0. The van der Waals surface area contributed by atoms with Gasteiger partial charge in [0.05, 0.1) is 12.5 Å². The first kappa shape index (κ1) is 10.8. The maximum absolute atomic E-state index is 4.32. The van der Waals surface area contributed by atoms with Gasteiger partial charge in [-0.2, -0.15) is 4.98 Å². The Morgan fingerprint density at radius 1 is 1.25 bits per heavy atom. The highest BCUT2D eigenvalue weighted by Gasteiger charge is 2.08. The Hall–Kier alpha value is -1.73. The standard InChI is InChI=1S/C9H15N7/c1-3-13-16(14-4-2)9-10-5-7-8(15-9)12-6-11-7/h5-6,13-14H,3-4H2,1-2H3,(H,10,11,12,15). The van der Waals surface area contributed by atoms with Gasteiger partial charge in [-0.25, -0.2) is 25.9 Å². The molecule has 2 rings (SSSR count). The number of hydrogen-bond donors (Lipinski definition) is 3. The first-order valence-corrected chi connectivity index (χ1v) is 5.28. The predicted molar refractivity (Wildman–Crippen MR) is 61.5 cm³/mol. The average molecular weight is 221 g/mol. The van der Waals surface area contributed by atoms with Crippen LogP contribution in [0.25, 0.3) is 11.2 Å². The molecule has 0 amide bonds. The SMILES string of the molecule is CCNN(NCC)c1ncc2[nH]cnc2n1. The maximum Gasteiger partial charge on any atom is 0.257 e. The summed E-state index contributed by atoms with van der Waals surface area (Å²) in [5.74, 6) is 0.559. The minimum Gasteiger partial charge on any atom is -0.342 e. The molecule has 0 unspecified atom stereocenters. The van der Waals surface area contributed by atoms with Gasteiger partial charge in [0, 0.05) is 13.1 Å². The summed E-state index contributed by atoms with van der Waals surface area (Å²) in [5, 5.41) is 1.70. The molecule has 0 aromatic carbocycles. The lowest BCUT2D eigenvalue weighted by molar-refractivity contribution is 0.536. The summed E-state index contributed by atoms with van der Waals surface area (Å²) in [6, 6.07) is 0. The fraction of sp³-hybridized carbons (Fsp3) is 0.444. The summed E-state index contributed by atoms with van der Waals surface area (Å²) in [6.07, 6.45) is 3.32. The molecule has 2 aromatic heterocycles. The molecule has 0 radical (unpaired) electrons. The summed E-state index contributed by atoms with van der Waals surface area (Å²) < 4.78 is 0. The van der Waals surface area contributed by atoms with Gasteiger partial charge in [0.2, 0.25) is 0 Å². The molecule has 3 N–H and O–H groups in total. The molecule has 0 saturated heterocycles. The zero-order chi connectivity index (χ0) is 11.4. The quantitative estimate of drug-likeness (QED) is 0.626. The van der Waals surface area contributed by atoms with E-state index in [2.05, 4.69) is 30.8 Å². The molecule has 0 bridgehead atoms. The fourth-order valence-corrected chi connectivity index (χ4v) is 1.35. The fourth-order valence-electron chi connectivity index (χ4n) is 1.35. The highest BCUT2D eigenvalue weighted by Crippen LogP contribution is 2.08. The third-order valence-corrected chi connectivity index (χ3v) is 2.00. The van der Waals surface area contributed by atoms with E-state index in [4.69, 9.17) is 0 Å². The molecule has 0 aliphatic heterocycles. The summed E-state index contributed by atoms with van der Waals surface area (Å²) in [6.45, 7) is 5.60. The van der Waals surface area contributed by atoms with E-state index >= 15 is 0 Å². The van der Waals surface area contributed by atoms with E-state index in [1.165, 1.54) is 0 Å². The smallest absolute Gasteiger partial charge is 0.257 e. The van der Waals surface area contributed by atoms with Gasteiger partial charge in [0.25, 0.3) is 5.95 Å². The molecule has 86 valence electrons. The molecule has 0 saturated carbocycles. The third-order valence-electron chi connectivity index (χ3n) is 2.00. The number of aromatic nitrogens is 4. The Labute approximate surface area is 93.2 Å². The topological polar surface area (TPSA) is 81.8 Å². The van der Waals surface area contributed by atoms with Crippen molar-refractivity contribution in [2.45, 2.75) is 13.8 Å². The second-order valence-electron chi connectivity index (χ2n) is 3.17. The monoisotopic (exact) mass is 221 g/mol. The second-order valence-corrected chi connectivity index (χ2v) is 3.17. The van der Waals surface area contributed by atoms with Crippen molar-refractivity contribution in [3.63, 3.8) is 0 Å². The van der Waals surface area contributed by atoms with E-state index < -0.39 is 0 Å². The Morgan fingerprint density at radius 2 is 2.00 bits per heavy atom. The molecule has 7 nitrogen and oxygen atoms in total. The van der Waals surface area contributed by atoms with Crippen molar-refractivity contribution in [3.05, 3.63) is 12.5 Å². The van der Waals surface area contributed by atoms with Gasteiger partial charge >= 0.3 is 0 Å². The number of fused-ring (bicyclic) bond motifs is 1. The van der Waals surface area contributed by atoms with E-state index in [1.54, 1.807) is 17.6 Å². The second kappa shape index (κ2) is 4.86. The number of rotatable bonds is 5. The molecule has 2 aromatic rings. The van der Waals surface area contributed by atoms with Crippen molar-refractivity contribution in [3.8, 4) is 0 Å². The lowest BCUT2D eigenvalue weighted by Crippen LogP contribution is -2.49. The first-order valence-electron chi connectivity index (χ1n) is 5.28. The van der Waals surface area contributed by atoms with Gasteiger partial charge in [-0.3, -0.25) is 0 Å². The molecule has 0 aliphatic carbocycles. The Morgan fingerprint density at radius 3 is 2.69 bits per heavy atom. The van der Waals surface area contributed by atoms with Gasteiger partial charge in [0.15, 0.2) is 5.65 Å². The van der Waals surface area contributed by atoms with Crippen LogP contribution in [0.4, 0.5) is 5.95 Å². The van der Waals surface area contributed by atoms with E-state index in [0.29, 0.717) is 11.6 Å². The Bertz CT molecular complexity index is 446. The Balaban J connectivity index is 2.28. The summed E-state index contributed by atoms with van der Waals surface area (Å²) in [7, 11) is 0. The molecule has 2 heterocycles. The molecule has 16 heavy (non-hydrogen) atoms. The molecule has 0 spiro atoms. The summed E-state index contributed by atoms with van der Waals surface area (Å²) in [5.41, 5.74) is 7.72. The molecule has 0 aliphatic rings. The highest BCUT2D eigenvalue weighted by molar-refractivity contribution is 5.69. The number of nitrogens with one attached hydrogen (secondary N) is 3. The molecule has 7 heteroatoms. The van der Waals surface area contributed by atoms with Crippen molar-refractivity contribution < 1.29 is 0 Å². The van der Waals surface area contributed by atoms with Crippen LogP contribution in [0, 0.1) is 0 Å². The zero-order valence-corrected chi connectivity index (χ0v) is 9.36. The lowest BCUT2D eigenvalue weighted by atomic mass is 10.6. The average Bonchev–Trinajstić information content (AvgIpc) is 2.75. The molecule has 0 atom stereocenters. The minimum absolute atomic E-state index is 0.559. The number of imidazole rings is 1. The van der Waals surface area contributed by atoms with E-state index in [1.807, 2.05) is 13.8 Å². The van der Waals surface area contributed by atoms with Gasteiger partial charge in [0.1, 0.15) is 5.52 Å². The molecule has 0 fully saturated rings. The van der Waals surface area contributed by atoms with Gasteiger partial charge < -0.3 is 4.98 Å². The van der Waals surface area contributed by atoms with Crippen molar-refractivity contribution in [1.29, 1.82) is 0 Å². The van der Waals surface area contributed by atoms with Crippen molar-refractivity contribution in [2.24, 2.45) is 0 Å². The number of hydrogen-bond acceptors (Lipinski definition) is 6. The first-order chi connectivity index (χ1) is 7.85. The van der Waals surface area contributed by atoms with Crippen LogP contribution in [0.2, 0.25) is 0 Å². The lowest BCUT2D eigenvalue weighted by Gasteiger charge is -2.22. The van der Waals surface area contributed by atoms with Crippen LogP contribution in [-0.2, 0) is 0 Å². The number of aromatic amines is 1. The third kappa shape index (κ3) is 2.10. The highest BCUT2D eigenvalue weighted by atomic mass is 15.7. The van der Waals surface area contributed by atoms with Crippen molar-refractivity contribution >= 4 is 17.1 Å². The van der Waals surface area contributed by atoms with Crippen LogP contribution < -0.4 is 16.0 Å². The van der Waals surface area contributed by atoms with Crippen LogP contribution in [0.1, 0.15) is 13.8 Å².